The Bertz CT molecular complexity index is 319. The first-order chi connectivity index (χ1) is 9.31. The van der Waals surface area contributed by atoms with Crippen LogP contribution in [0.3, 0.4) is 0 Å². The van der Waals surface area contributed by atoms with Gasteiger partial charge in [-0.15, -0.1) is 0 Å². The molecule has 0 aromatic carbocycles. The standard InChI is InChI=1S/C18H28O/c1-3-5-7-8-9-10-11-12-13-15-17-18(19)16-14-6-4-2/h6-10,12-15,17-19H,3-5,11,16H2,1-2H3/b8-7+,10-9-,13-12-,14-6-,17-15-. The zero-order valence-electron chi connectivity index (χ0n) is 12.3. The van der Waals surface area contributed by atoms with Crippen LogP contribution in [-0.2, 0) is 0 Å². The molecule has 0 aliphatic heterocycles. The van der Waals surface area contributed by atoms with E-state index in [-0.39, 0.29) is 6.10 Å². The van der Waals surface area contributed by atoms with Crippen molar-refractivity contribution in [1.82, 2.24) is 0 Å². The third-order valence-electron chi connectivity index (χ3n) is 2.47. The second-order valence-corrected chi connectivity index (χ2v) is 4.38. The van der Waals surface area contributed by atoms with Gasteiger partial charge in [0.1, 0.15) is 0 Å². The molecule has 106 valence electrons. The fourth-order valence-corrected chi connectivity index (χ4v) is 1.41. The summed E-state index contributed by atoms with van der Waals surface area (Å²) in [6.45, 7) is 4.27. The van der Waals surface area contributed by atoms with Crippen LogP contribution in [0.4, 0.5) is 0 Å². The van der Waals surface area contributed by atoms with Crippen LogP contribution in [0.15, 0.2) is 60.8 Å². The van der Waals surface area contributed by atoms with Crippen LogP contribution < -0.4 is 0 Å². The monoisotopic (exact) mass is 260 g/mol. The molecule has 1 nitrogen and oxygen atoms in total. The Balaban J connectivity index is 3.69. The Kier molecular flexibility index (Phi) is 13.7. The predicted molar refractivity (Wildman–Crippen MR) is 86.1 cm³/mol. The molecule has 0 bridgehead atoms. The van der Waals surface area contributed by atoms with Crippen molar-refractivity contribution in [3.8, 4) is 0 Å². The van der Waals surface area contributed by atoms with Crippen LogP contribution in [-0.4, -0.2) is 11.2 Å². The Morgan fingerprint density at radius 1 is 0.842 bits per heavy atom. The molecule has 0 saturated heterocycles. The number of hydrogen-bond acceptors (Lipinski definition) is 1. The number of hydrogen-bond donors (Lipinski definition) is 1. The molecule has 1 heteroatoms. The highest BCUT2D eigenvalue weighted by atomic mass is 16.3. The lowest BCUT2D eigenvalue weighted by molar-refractivity contribution is 0.227. The van der Waals surface area contributed by atoms with Crippen molar-refractivity contribution in [2.75, 3.05) is 0 Å². The van der Waals surface area contributed by atoms with E-state index in [0.717, 1.165) is 19.3 Å². The molecule has 19 heavy (non-hydrogen) atoms. The molecular weight excluding hydrogens is 232 g/mol. The van der Waals surface area contributed by atoms with E-state index < -0.39 is 0 Å². The van der Waals surface area contributed by atoms with E-state index in [2.05, 4.69) is 50.3 Å². The Morgan fingerprint density at radius 2 is 1.53 bits per heavy atom. The first kappa shape index (κ1) is 17.7. The molecule has 0 saturated carbocycles. The molecule has 1 N–H and O–H groups in total. The Hall–Kier alpha value is -1.34. The van der Waals surface area contributed by atoms with Crippen molar-refractivity contribution in [2.24, 2.45) is 0 Å². The highest BCUT2D eigenvalue weighted by Crippen LogP contribution is 1.97. The Morgan fingerprint density at radius 3 is 2.21 bits per heavy atom. The summed E-state index contributed by atoms with van der Waals surface area (Å²) in [5, 5.41) is 9.60. The van der Waals surface area contributed by atoms with Crippen molar-refractivity contribution < 1.29 is 5.11 Å². The smallest absolute Gasteiger partial charge is 0.0758 e. The van der Waals surface area contributed by atoms with Crippen LogP contribution in [0.1, 0.15) is 46.0 Å². The molecule has 0 spiro atoms. The number of rotatable bonds is 10. The van der Waals surface area contributed by atoms with Gasteiger partial charge in [0.25, 0.3) is 0 Å². The van der Waals surface area contributed by atoms with Crippen molar-refractivity contribution in [2.45, 2.75) is 52.1 Å². The van der Waals surface area contributed by atoms with Crippen molar-refractivity contribution in [3.05, 3.63) is 60.8 Å². The van der Waals surface area contributed by atoms with E-state index in [0.29, 0.717) is 6.42 Å². The van der Waals surface area contributed by atoms with Crippen LogP contribution in [0.2, 0.25) is 0 Å². The molecule has 0 amide bonds. The minimum atomic E-state index is -0.375. The van der Waals surface area contributed by atoms with Crippen molar-refractivity contribution >= 4 is 0 Å². The molecule has 0 aromatic heterocycles. The molecule has 0 aliphatic rings. The second-order valence-electron chi connectivity index (χ2n) is 4.38. The summed E-state index contributed by atoms with van der Waals surface area (Å²) in [6.07, 6.45) is 25.0. The molecule has 1 atom stereocenters. The summed E-state index contributed by atoms with van der Waals surface area (Å²) in [6, 6.07) is 0. The molecular formula is C18H28O. The van der Waals surface area contributed by atoms with E-state index in [1.165, 1.54) is 6.42 Å². The van der Waals surface area contributed by atoms with E-state index >= 15 is 0 Å². The first-order valence-electron chi connectivity index (χ1n) is 7.29. The van der Waals surface area contributed by atoms with Gasteiger partial charge in [-0.3, -0.25) is 0 Å². The van der Waals surface area contributed by atoms with E-state index in [9.17, 15) is 5.11 Å². The van der Waals surface area contributed by atoms with Gasteiger partial charge >= 0.3 is 0 Å². The number of aliphatic hydroxyl groups is 1. The highest BCUT2D eigenvalue weighted by molar-refractivity contribution is 5.09. The lowest BCUT2D eigenvalue weighted by Gasteiger charge is -1.98. The van der Waals surface area contributed by atoms with Gasteiger partial charge < -0.3 is 5.11 Å². The average Bonchev–Trinajstić information content (AvgIpc) is 2.41. The fraction of sp³-hybridized carbons (Fsp3) is 0.444. The van der Waals surface area contributed by atoms with Crippen molar-refractivity contribution in [3.63, 3.8) is 0 Å². The maximum atomic E-state index is 9.60. The molecule has 0 aliphatic carbocycles. The molecule has 0 rings (SSSR count). The fourth-order valence-electron chi connectivity index (χ4n) is 1.41. The SMILES string of the molecule is CC/C=C\CC(O)/C=C\C=C/C/C=C\C=C\CCC. The topological polar surface area (TPSA) is 20.2 Å². The minimum absolute atomic E-state index is 0.375. The lowest BCUT2D eigenvalue weighted by Crippen LogP contribution is -1.98. The first-order valence-corrected chi connectivity index (χ1v) is 7.29. The zero-order valence-corrected chi connectivity index (χ0v) is 12.3. The molecule has 0 aromatic rings. The van der Waals surface area contributed by atoms with Crippen LogP contribution in [0.5, 0.6) is 0 Å². The highest BCUT2D eigenvalue weighted by Gasteiger charge is 1.92. The average molecular weight is 260 g/mol. The van der Waals surface area contributed by atoms with Gasteiger partial charge in [-0.2, -0.15) is 0 Å². The van der Waals surface area contributed by atoms with Gasteiger partial charge in [0.2, 0.25) is 0 Å². The molecule has 1 unspecified atom stereocenters. The van der Waals surface area contributed by atoms with E-state index in [1.54, 1.807) is 0 Å². The third-order valence-corrected chi connectivity index (χ3v) is 2.47. The largest absolute Gasteiger partial charge is 0.389 e. The molecule has 0 fully saturated rings. The maximum absolute atomic E-state index is 9.60. The number of allylic oxidation sites excluding steroid dienone is 8. The van der Waals surface area contributed by atoms with E-state index in [1.807, 2.05) is 24.3 Å². The number of unbranched alkanes of at least 4 members (excludes halogenated alkanes) is 1. The zero-order chi connectivity index (χ0) is 14.2. The summed E-state index contributed by atoms with van der Waals surface area (Å²) in [7, 11) is 0. The predicted octanol–water partition coefficient (Wildman–Crippen LogP) is 5.12. The van der Waals surface area contributed by atoms with Crippen molar-refractivity contribution in [1.29, 1.82) is 0 Å². The third kappa shape index (κ3) is 14.6. The molecule has 0 heterocycles. The Labute approximate surface area is 118 Å². The summed E-state index contributed by atoms with van der Waals surface area (Å²) in [5.41, 5.74) is 0. The second kappa shape index (κ2) is 14.7. The maximum Gasteiger partial charge on any atom is 0.0758 e. The summed E-state index contributed by atoms with van der Waals surface area (Å²) < 4.78 is 0. The minimum Gasteiger partial charge on any atom is -0.389 e. The molecule has 0 radical (unpaired) electrons. The van der Waals surface area contributed by atoms with Gasteiger partial charge in [0.15, 0.2) is 0 Å². The van der Waals surface area contributed by atoms with Gasteiger partial charge in [-0.05, 0) is 25.7 Å². The van der Waals surface area contributed by atoms with Gasteiger partial charge in [0, 0.05) is 0 Å². The van der Waals surface area contributed by atoms with Crippen LogP contribution >= 0.6 is 0 Å². The van der Waals surface area contributed by atoms with Gasteiger partial charge in [-0.25, -0.2) is 0 Å². The summed E-state index contributed by atoms with van der Waals surface area (Å²) >= 11 is 0. The summed E-state index contributed by atoms with van der Waals surface area (Å²) in [5.74, 6) is 0. The quantitative estimate of drug-likeness (QED) is 0.427. The van der Waals surface area contributed by atoms with Crippen LogP contribution in [0.25, 0.3) is 0 Å². The van der Waals surface area contributed by atoms with E-state index in [4.69, 9.17) is 0 Å². The summed E-state index contributed by atoms with van der Waals surface area (Å²) in [4.78, 5) is 0. The lowest BCUT2D eigenvalue weighted by atomic mass is 10.2. The number of aliphatic hydroxyl groups excluding tert-OH is 1. The van der Waals surface area contributed by atoms with Gasteiger partial charge in [-0.1, -0.05) is 81.0 Å². The van der Waals surface area contributed by atoms with Gasteiger partial charge in [0.05, 0.1) is 6.10 Å². The normalized spacial score (nSPS) is 14.9. The van der Waals surface area contributed by atoms with Crippen LogP contribution in [0, 0.1) is 0 Å².